The summed E-state index contributed by atoms with van der Waals surface area (Å²) in [6.45, 7) is 3.40. The van der Waals surface area contributed by atoms with Crippen molar-refractivity contribution in [2.24, 2.45) is 0 Å². The van der Waals surface area contributed by atoms with Crippen LogP contribution in [0.2, 0.25) is 0 Å². The van der Waals surface area contributed by atoms with Crippen LogP contribution in [0.25, 0.3) is 0 Å². The Morgan fingerprint density at radius 3 is 3.15 bits per heavy atom. The van der Waals surface area contributed by atoms with E-state index >= 15 is 0 Å². The van der Waals surface area contributed by atoms with Gasteiger partial charge in [-0.1, -0.05) is 0 Å². The van der Waals surface area contributed by atoms with Gasteiger partial charge < -0.3 is 4.57 Å². The number of aromatic nitrogens is 3. The van der Waals surface area contributed by atoms with Crippen molar-refractivity contribution in [1.82, 2.24) is 19.4 Å². The lowest BCUT2D eigenvalue weighted by atomic mass is 10.0. The number of hydrogen-bond donors (Lipinski definition) is 0. The van der Waals surface area contributed by atoms with Crippen LogP contribution in [0.1, 0.15) is 41.6 Å². The summed E-state index contributed by atoms with van der Waals surface area (Å²) in [5, 5.41) is 0. The third-order valence-corrected chi connectivity index (χ3v) is 5.33. The lowest BCUT2D eigenvalue weighted by Gasteiger charge is -2.19. The van der Waals surface area contributed by atoms with E-state index in [0.717, 1.165) is 13.1 Å². The van der Waals surface area contributed by atoms with Crippen LogP contribution in [0.4, 0.5) is 0 Å². The van der Waals surface area contributed by atoms with Gasteiger partial charge in [0.05, 0.1) is 17.5 Å². The topological polar surface area (TPSA) is 34.0 Å². The molecule has 2 aromatic heterocycles. The largest absolute Gasteiger partial charge is 0.330 e. The van der Waals surface area contributed by atoms with Gasteiger partial charge in [0.25, 0.3) is 0 Å². The van der Waals surface area contributed by atoms with Gasteiger partial charge in [-0.05, 0) is 32.1 Å². The summed E-state index contributed by atoms with van der Waals surface area (Å²) in [6, 6.07) is 0.622. The third kappa shape index (κ3) is 2.29. The Bertz CT molecular complexity index is 575. The molecule has 1 saturated heterocycles. The van der Waals surface area contributed by atoms with Crippen molar-refractivity contribution >= 4 is 11.3 Å². The highest BCUT2D eigenvalue weighted by Gasteiger charge is 2.27. The zero-order chi connectivity index (χ0) is 13.4. The standard InChI is InChI=1S/C15H20N4S/c1-2-4-15-14(3-1)17-10-19(15)12-5-6-18(8-12)9-13-7-16-11-20-13/h7,10-12H,1-6,8-9H2/t12-/m0/s1. The van der Waals surface area contributed by atoms with Crippen LogP contribution in [-0.2, 0) is 19.4 Å². The molecule has 4 nitrogen and oxygen atoms in total. The molecule has 4 rings (SSSR count). The van der Waals surface area contributed by atoms with Gasteiger partial charge >= 0.3 is 0 Å². The summed E-state index contributed by atoms with van der Waals surface area (Å²) in [5.41, 5.74) is 4.80. The van der Waals surface area contributed by atoms with Crippen LogP contribution in [-0.4, -0.2) is 32.5 Å². The Morgan fingerprint density at radius 2 is 2.25 bits per heavy atom. The van der Waals surface area contributed by atoms with Crippen molar-refractivity contribution < 1.29 is 0 Å². The van der Waals surface area contributed by atoms with Gasteiger partial charge in [0.1, 0.15) is 0 Å². The normalized spacial score (nSPS) is 23.1. The van der Waals surface area contributed by atoms with Gasteiger partial charge in [-0.25, -0.2) is 4.98 Å². The van der Waals surface area contributed by atoms with Crippen molar-refractivity contribution in [2.75, 3.05) is 13.1 Å². The SMILES string of the molecule is c1ncc(CN2CC[C@H](n3cnc4c3CCCC4)C2)s1. The molecule has 2 aromatic rings. The lowest BCUT2D eigenvalue weighted by molar-refractivity contribution is 0.317. The van der Waals surface area contributed by atoms with E-state index in [1.165, 1.54) is 54.9 Å². The molecule has 0 unspecified atom stereocenters. The molecule has 0 saturated carbocycles. The summed E-state index contributed by atoms with van der Waals surface area (Å²) in [7, 11) is 0. The third-order valence-electron chi connectivity index (χ3n) is 4.56. The fourth-order valence-corrected chi connectivity index (χ4v) is 4.17. The van der Waals surface area contributed by atoms with Crippen LogP contribution < -0.4 is 0 Å². The molecule has 0 N–H and O–H groups in total. The fourth-order valence-electron chi connectivity index (χ4n) is 3.53. The first-order chi connectivity index (χ1) is 9.90. The lowest BCUT2D eigenvalue weighted by Crippen LogP contribution is -2.21. The number of nitrogens with zero attached hydrogens (tertiary/aromatic N) is 4. The Hall–Kier alpha value is -1.20. The molecule has 2 aliphatic rings. The highest BCUT2D eigenvalue weighted by molar-refractivity contribution is 7.09. The first-order valence-corrected chi connectivity index (χ1v) is 8.42. The highest BCUT2D eigenvalue weighted by atomic mass is 32.1. The highest BCUT2D eigenvalue weighted by Crippen LogP contribution is 2.29. The van der Waals surface area contributed by atoms with Crippen LogP contribution in [0, 0.1) is 0 Å². The first-order valence-electron chi connectivity index (χ1n) is 7.54. The smallest absolute Gasteiger partial charge is 0.0954 e. The number of rotatable bonds is 3. The molecule has 0 bridgehead atoms. The molecular formula is C15H20N4S. The molecule has 1 atom stereocenters. The van der Waals surface area contributed by atoms with Gasteiger partial charge in [-0.3, -0.25) is 9.88 Å². The van der Waals surface area contributed by atoms with Crippen LogP contribution >= 0.6 is 11.3 Å². The van der Waals surface area contributed by atoms with Crippen molar-refractivity contribution in [3.63, 3.8) is 0 Å². The van der Waals surface area contributed by atoms with Crippen LogP contribution in [0.5, 0.6) is 0 Å². The molecule has 0 aromatic carbocycles. The zero-order valence-electron chi connectivity index (χ0n) is 11.7. The maximum Gasteiger partial charge on any atom is 0.0954 e. The molecule has 20 heavy (non-hydrogen) atoms. The van der Waals surface area contributed by atoms with E-state index < -0.39 is 0 Å². The molecule has 3 heterocycles. The monoisotopic (exact) mass is 288 g/mol. The molecular weight excluding hydrogens is 268 g/mol. The van der Waals surface area contributed by atoms with Gasteiger partial charge in [0.2, 0.25) is 0 Å². The van der Waals surface area contributed by atoms with Crippen molar-refractivity contribution in [1.29, 1.82) is 0 Å². The van der Waals surface area contributed by atoms with E-state index in [4.69, 9.17) is 0 Å². The molecule has 1 fully saturated rings. The molecule has 1 aliphatic carbocycles. The van der Waals surface area contributed by atoms with E-state index in [2.05, 4.69) is 25.8 Å². The van der Waals surface area contributed by atoms with Crippen molar-refractivity contribution in [3.8, 4) is 0 Å². The summed E-state index contributed by atoms with van der Waals surface area (Å²) >= 11 is 1.76. The summed E-state index contributed by atoms with van der Waals surface area (Å²) in [4.78, 5) is 12.7. The predicted octanol–water partition coefficient (Wildman–Crippen LogP) is 2.67. The van der Waals surface area contributed by atoms with Crippen molar-refractivity contribution in [3.05, 3.63) is 34.3 Å². The first kappa shape index (κ1) is 12.5. The number of aryl methyl sites for hydroxylation is 1. The second kappa shape index (κ2) is 5.30. The minimum atomic E-state index is 0.622. The van der Waals surface area contributed by atoms with E-state index in [1.54, 1.807) is 11.3 Å². The summed E-state index contributed by atoms with van der Waals surface area (Å²) in [5.74, 6) is 0. The molecule has 0 spiro atoms. The van der Waals surface area contributed by atoms with E-state index in [9.17, 15) is 0 Å². The Labute approximate surface area is 123 Å². The molecule has 106 valence electrons. The number of imidazole rings is 1. The van der Waals surface area contributed by atoms with E-state index in [1.807, 2.05) is 11.7 Å². The average Bonchev–Trinajstić information content (AvgIpc) is 3.18. The molecule has 0 radical (unpaired) electrons. The summed E-state index contributed by atoms with van der Waals surface area (Å²) in [6.07, 6.45) is 10.4. The second-order valence-electron chi connectivity index (χ2n) is 5.90. The predicted molar refractivity (Wildman–Crippen MR) is 79.9 cm³/mol. The van der Waals surface area contributed by atoms with Crippen molar-refractivity contribution in [2.45, 2.75) is 44.7 Å². The number of fused-ring (bicyclic) bond motifs is 1. The fraction of sp³-hybridized carbons (Fsp3) is 0.600. The zero-order valence-corrected chi connectivity index (χ0v) is 12.5. The number of thiazole rings is 1. The average molecular weight is 288 g/mol. The van der Waals surface area contributed by atoms with Gasteiger partial charge in [-0.2, -0.15) is 0 Å². The Morgan fingerprint density at radius 1 is 1.30 bits per heavy atom. The van der Waals surface area contributed by atoms with E-state index in [0.29, 0.717) is 6.04 Å². The van der Waals surface area contributed by atoms with Crippen LogP contribution in [0.15, 0.2) is 18.0 Å². The molecule has 1 aliphatic heterocycles. The molecule has 0 amide bonds. The van der Waals surface area contributed by atoms with E-state index in [-0.39, 0.29) is 0 Å². The quantitative estimate of drug-likeness (QED) is 0.871. The number of likely N-dealkylation sites (tertiary alicyclic amines) is 1. The molecule has 5 heteroatoms. The Balaban J connectivity index is 1.47. The van der Waals surface area contributed by atoms with Gasteiger partial charge in [0, 0.05) is 42.4 Å². The number of hydrogen-bond acceptors (Lipinski definition) is 4. The second-order valence-corrected chi connectivity index (χ2v) is 6.87. The van der Waals surface area contributed by atoms with Crippen LogP contribution in [0.3, 0.4) is 0 Å². The van der Waals surface area contributed by atoms with Gasteiger partial charge in [0.15, 0.2) is 0 Å². The summed E-state index contributed by atoms with van der Waals surface area (Å²) < 4.78 is 2.47. The minimum absolute atomic E-state index is 0.622. The minimum Gasteiger partial charge on any atom is -0.330 e. The maximum absolute atomic E-state index is 4.64. The van der Waals surface area contributed by atoms with Gasteiger partial charge in [-0.15, -0.1) is 11.3 Å². The Kier molecular flexibility index (Phi) is 3.32. The maximum atomic E-state index is 4.64.